The van der Waals surface area contributed by atoms with E-state index in [4.69, 9.17) is 23.2 Å². The first-order valence-electron chi connectivity index (χ1n) is 4.35. The van der Waals surface area contributed by atoms with Crippen molar-refractivity contribution in [2.45, 2.75) is 6.54 Å². The second kappa shape index (κ2) is 4.13. The summed E-state index contributed by atoms with van der Waals surface area (Å²) in [6, 6.07) is 6.77. The summed E-state index contributed by atoms with van der Waals surface area (Å²) in [5.74, 6) is 0. The fraction of sp³-hybridized carbons (Fsp3) is 0.100. The van der Waals surface area contributed by atoms with Crippen molar-refractivity contribution in [1.29, 1.82) is 0 Å². The molecule has 0 saturated carbocycles. The maximum absolute atomic E-state index is 10.9. The summed E-state index contributed by atoms with van der Waals surface area (Å²) in [5.41, 5.74) is 0.658. The van der Waals surface area contributed by atoms with Gasteiger partial charge in [0.1, 0.15) is 0 Å². The van der Waals surface area contributed by atoms with Gasteiger partial charge in [-0.1, -0.05) is 29.3 Å². The molecule has 1 heterocycles. The van der Waals surface area contributed by atoms with E-state index < -0.39 is 0 Å². The molecule has 0 amide bonds. The van der Waals surface area contributed by atoms with Crippen molar-refractivity contribution in [3.8, 4) is 0 Å². The third kappa shape index (κ3) is 2.25. The highest BCUT2D eigenvalue weighted by Crippen LogP contribution is 2.24. The molecule has 0 aliphatic carbocycles. The first-order chi connectivity index (χ1) is 7.16. The van der Waals surface area contributed by atoms with Crippen LogP contribution >= 0.6 is 23.2 Å². The fourth-order valence-electron chi connectivity index (χ4n) is 1.32. The van der Waals surface area contributed by atoms with E-state index in [0.29, 0.717) is 16.6 Å². The maximum Gasteiger partial charge on any atom is 0.264 e. The Morgan fingerprint density at radius 3 is 2.40 bits per heavy atom. The van der Waals surface area contributed by atoms with Gasteiger partial charge in [0, 0.05) is 27.9 Å². The van der Waals surface area contributed by atoms with Crippen LogP contribution in [0, 0.1) is 0 Å². The van der Waals surface area contributed by atoms with Crippen molar-refractivity contribution in [3.63, 3.8) is 0 Å². The SMILES string of the molecule is O=c1ccn(Cc2c(Cl)cccc2Cl)[nH]1. The van der Waals surface area contributed by atoms with Crippen molar-refractivity contribution in [1.82, 2.24) is 9.78 Å². The minimum Gasteiger partial charge on any atom is -0.288 e. The largest absolute Gasteiger partial charge is 0.288 e. The summed E-state index contributed by atoms with van der Waals surface area (Å²) in [5, 5.41) is 3.81. The smallest absolute Gasteiger partial charge is 0.264 e. The van der Waals surface area contributed by atoms with Crippen LogP contribution in [0.5, 0.6) is 0 Å². The number of halogens is 2. The van der Waals surface area contributed by atoms with Crippen LogP contribution in [0.25, 0.3) is 0 Å². The summed E-state index contributed by atoms with van der Waals surface area (Å²) >= 11 is 12.0. The normalized spacial score (nSPS) is 10.5. The van der Waals surface area contributed by atoms with E-state index in [2.05, 4.69) is 5.10 Å². The van der Waals surface area contributed by atoms with Gasteiger partial charge in [-0.2, -0.15) is 0 Å². The molecule has 0 saturated heterocycles. The van der Waals surface area contributed by atoms with Gasteiger partial charge in [0.2, 0.25) is 0 Å². The molecule has 0 spiro atoms. The molecular weight excluding hydrogens is 235 g/mol. The number of benzene rings is 1. The van der Waals surface area contributed by atoms with Crippen molar-refractivity contribution in [3.05, 3.63) is 56.4 Å². The van der Waals surface area contributed by atoms with Gasteiger partial charge in [-0.15, -0.1) is 0 Å². The Balaban J connectivity index is 2.35. The zero-order chi connectivity index (χ0) is 10.8. The number of H-pyrrole nitrogens is 1. The van der Waals surface area contributed by atoms with Gasteiger partial charge in [-0.25, -0.2) is 0 Å². The Labute approximate surface area is 96.2 Å². The second-order valence-corrected chi connectivity index (χ2v) is 3.93. The third-order valence-electron chi connectivity index (χ3n) is 2.05. The molecule has 5 heteroatoms. The number of aromatic nitrogens is 2. The monoisotopic (exact) mass is 242 g/mol. The molecular formula is C10H8Cl2N2O. The summed E-state index contributed by atoms with van der Waals surface area (Å²) < 4.78 is 1.63. The number of aromatic amines is 1. The van der Waals surface area contributed by atoms with Gasteiger partial charge in [-0.3, -0.25) is 14.6 Å². The van der Waals surface area contributed by atoms with Crippen molar-refractivity contribution in [2.24, 2.45) is 0 Å². The average molecular weight is 243 g/mol. The van der Waals surface area contributed by atoms with E-state index in [0.717, 1.165) is 5.56 Å². The predicted octanol–water partition coefficient (Wildman–Crippen LogP) is 2.53. The number of hydrogen-bond acceptors (Lipinski definition) is 1. The molecule has 0 fully saturated rings. The molecule has 2 rings (SSSR count). The van der Waals surface area contributed by atoms with Crippen LogP contribution in [0.1, 0.15) is 5.56 Å². The van der Waals surface area contributed by atoms with Gasteiger partial charge >= 0.3 is 0 Å². The van der Waals surface area contributed by atoms with Crippen molar-refractivity contribution in [2.75, 3.05) is 0 Å². The van der Waals surface area contributed by atoms with Gasteiger partial charge in [-0.05, 0) is 12.1 Å². The van der Waals surface area contributed by atoms with E-state index in [1.807, 2.05) is 0 Å². The van der Waals surface area contributed by atoms with E-state index in [-0.39, 0.29) is 5.56 Å². The molecule has 0 radical (unpaired) electrons. The minimum absolute atomic E-state index is 0.141. The zero-order valence-electron chi connectivity index (χ0n) is 7.71. The molecule has 0 unspecified atom stereocenters. The first kappa shape index (κ1) is 10.3. The molecule has 0 bridgehead atoms. The maximum atomic E-state index is 10.9. The summed E-state index contributed by atoms with van der Waals surface area (Å²) in [6.45, 7) is 0.459. The Bertz CT molecular complexity index is 510. The quantitative estimate of drug-likeness (QED) is 0.864. The lowest BCUT2D eigenvalue weighted by atomic mass is 10.2. The molecule has 0 aliphatic rings. The lowest BCUT2D eigenvalue weighted by Gasteiger charge is -2.07. The van der Waals surface area contributed by atoms with Crippen LogP contribution in [0.3, 0.4) is 0 Å². The summed E-state index contributed by atoms with van der Waals surface area (Å²) in [6.07, 6.45) is 1.65. The summed E-state index contributed by atoms with van der Waals surface area (Å²) in [4.78, 5) is 10.9. The fourth-order valence-corrected chi connectivity index (χ4v) is 1.84. The number of nitrogens with one attached hydrogen (secondary N) is 1. The highest BCUT2D eigenvalue weighted by Gasteiger charge is 2.05. The van der Waals surface area contributed by atoms with Crippen LogP contribution in [-0.2, 0) is 6.54 Å². The molecule has 0 aliphatic heterocycles. The molecule has 15 heavy (non-hydrogen) atoms. The first-order valence-corrected chi connectivity index (χ1v) is 5.11. The Hall–Kier alpha value is -1.19. The lowest BCUT2D eigenvalue weighted by Crippen LogP contribution is -2.06. The second-order valence-electron chi connectivity index (χ2n) is 3.12. The van der Waals surface area contributed by atoms with Crippen molar-refractivity contribution >= 4 is 23.2 Å². The summed E-state index contributed by atoms with van der Waals surface area (Å²) in [7, 11) is 0. The third-order valence-corrected chi connectivity index (χ3v) is 2.76. The van der Waals surface area contributed by atoms with Gasteiger partial charge in [0.15, 0.2) is 0 Å². The lowest BCUT2D eigenvalue weighted by molar-refractivity contribution is 0.679. The molecule has 1 aromatic carbocycles. The minimum atomic E-state index is -0.141. The zero-order valence-corrected chi connectivity index (χ0v) is 9.22. The van der Waals surface area contributed by atoms with Crippen LogP contribution < -0.4 is 5.56 Å². The highest BCUT2D eigenvalue weighted by atomic mass is 35.5. The van der Waals surface area contributed by atoms with Gasteiger partial charge in [0.05, 0.1) is 6.54 Å². The Kier molecular flexibility index (Phi) is 2.84. The van der Waals surface area contributed by atoms with E-state index in [1.54, 1.807) is 29.1 Å². The standard InChI is InChI=1S/C10H8Cl2N2O/c11-8-2-1-3-9(12)7(8)6-14-5-4-10(15)13-14/h1-5H,6H2,(H,13,15). The van der Waals surface area contributed by atoms with E-state index in [9.17, 15) is 4.79 Å². The van der Waals surface area contributed by atoms with E-state index in [1.165, 1.54) is 6.07 Å². The number of nitrogens with zero attached hydrogens (tertiary/aromatic N) is 1. The predicted molar refractivity (Wildman–Crippen MR) is 60.6 cm³/mol. The number of hydrogen-bond donors (Lipinski definition) is 1. The van der Waals surface area contributed by atoms with Crippen LogP contribution in [0.15, 0.2) is 35.3 Å². The molecule has 0 atom stereocenters. The Morgan fingerprint density at radius 1 is 1.20 bits per heavy atom. The molecule has 1 N–H and O–H groups in total. The average Bonchev–Trinajstić information content (AvgIpc) is 2.58. The highest BCUT2D eigenvalue weighted by molar-refractivity contribution is 6.35. The molecule has 3 nitrogen and oxygen atoms in total. The van der Waals surface area contributed by atoms with Gasteiger partial charge < -0.3 is 0 Å². The Morgan fingerprint density at radius 2 is 1.87 bits per heavy atom. The van der Waals surface area contributed by atoms with Crippen molar-refractivity contribution < 1.29 is 0 Å². The molecule has 2 aromatic rings. The van der Waals surface area contributed by atoms with Gasteiger partial charge in [0.25, 0.3) is 5.56 Å². The number of rotatable bonds is 2. The van der Waals surface area contributed by atoms with Crippen LogP contribution in [0.2, 0.25) is 10.0 Å². The van der Waals surface area contributed by atoms with E-state index >= 15 is 0 Å². The van der Waals surface area contributed by atoms with Crippen LogP contribution in [-0.4, -0.2) is 9.78 Å². The molecule has 78 valence electrons. The topological polar surface area (TPSA) is 37.8 Å². The molecule has 1 aromatic heterocycles. The van der Waals surface area contributed by atoms with Crippen LogP contribution in [0.4, 0.5) is 0 Å².